The number of benzene rings is 1. The van der Waals surface area contributed by atoms with Crippen LogP contribution in [-0.2, 0) is 10.3 Å². The molecule has 1 aliphatic rings. The van der Waals surface area contributed by atoms with Crippen molar-refractivity contribution < 1.29 is 9.84 Å². The molecule has 0 aromatic heterocycles. The summed E-state index contributed by atoms with van der Waals surface area (Å²) < 4.78 is 6.40. The fourth-order valence-electron chi connectivity index (χ4n) is 2.62. The maximum atomic E-state index is 10.8. The highest BCUT2D eigenvalue weighted by Gasteiger charge is 2.27. The van der Waals surface area contributed by atoms with E-state index in [1.165, 1.54) is 0 Å². The molecule has 1 heterocycles. The van der Waals surface area contributed by atoms with Crippen molar-refractivity contribution in [2.24, 2.45) is 5.92 Å². The van der Waals surface area contributed by atoms with Crippen molar-refractivity contribution in [3.05, 3.63) is 34.3 Å². The van der Waals surface area contributed by atoms with Crippen LogP contribution in [0.15, 0.2) is 28.7 Å². The summed E-state index contributed by atoms with van der Waals surface area (Å²) in [6.07, 6.45) is 2.95. The third-order valence-corrected chi connectivity index (χ3v) is 4.69. The normalized spacial score (nSPS) is 19.8. The number of halogens is 1. The monoisotopic (exact) mass is 341 g/mol. The smallest absolute Gasteiger partial charge is 0.102 e. The summed E-state index contributed by atoms with van der Waals surface area (Å²) in [5, 5.41) is 14.3. The van der Waals surface area contributed by atoms with Gasteiger partial charge in [-0.25, -0.2) is 0 Å². The first-order valence-electron chi connectivity index (χ1n) is 7.41. The summed E-state index contributed by atoms with van der Waals surface area (Å²) in [5.74, 6) is 0.676. The van der Waals surface area contributed by atoms with Gasteiger partial charge in [0.2, 0.25) is 0 Å². The average Bonchev–Trinajstić information content (AvgIpc) is 2.49. The van der Waals surface area contributed by atoms with Crippen LogP contribution in [0, 0.1) is 5.92 Å². The van der Waals surface area contributed by atoms with Gasteiger partial charge < -0.3 is 15.2 Å². The molecule has 20 heavy (non-hydrogen) atoms. The van der Waals surface area contributed by atoms with Gasteiger partial charge in [0.15, 0.2) is 0 Å². The van der Waals surface area contributed by atoms with Gasteiger partial charge in [0.25, 0.3) is 0 Å². The molecule has 0 amide bonds. The van der Waals surface area contributed by atoms with Crippen molar-refractivity contribution >= 4 is 15.9 Å². The van der Waals surface area contributed by atoms with E-state index in [9.17, 15) is 5.11 Å². The van der Waals surface area contributed by atoms with Crippen LogP contribution >= 0.6 is 15.9 Å². The van der Waals surface area contributed by atoms with Crippen LogP contribution in [0.3, 0.4) is 0 Å². The highest BCUT2D eigenvalue weighted by atomic mass is 79.9. The van der Waals surface area contributed by atoms with Crippen LogP contribution in [0.5, 0.6) is 0 Å². The zero-order chi connectivity index (χ0) is 14.4. The van der Waals surface area contributed by atoms with Crippen molar-refractivity contribution in [1.82, 2.24) is 5.32 Å². The largest absolute Gasteiger partial charge is 0.384 e. The molecule has 1 saturated heterocycles. The van der Waals surface area contributed by atoms with E-state index in [4.69, 9.17) is 4.74 Å². The van der Waals surface area contributed by atoms with Gasteiger partial charge in [-0.15, -0.1) is 0 Å². The molecule has 0 bridgehead atoms. The molecule has 0 radical (unpaired) electrons. The molecular weight excluding hydrogens is 318 g/mol. The average molecular weight is 342 g/mol. The third-order valence-electron chi connectivity index (χ3n) is 4.16. The standard InChI is InChI=1S/C16H24BrNO2/c1-2-16(19,14-3-5-15(17)6-4-14)12-18-11-13-7-9-20-10-8-13/h3-6,13,18-19H,2,7-12H2,1H3. The Balaban J connectivity index is 1.88. The van der Waals surface area contributed by atoms with Crippen LogP contribution in [0.2, 0.25) is 0 Å². The molecule has 0 aliphatic carbocycles. The van der Waals surface area contributed by atoms with Gasteiger partial charge in [-0.1, -0.05) is 35.0 Å². The molecule has 1 aromatic rings. The van der Waals surface area contributed by atoms with E-state index in [2.05, 4.69) is 21.2 Å². The van der Waals surface area contributed by atoms with E-state index in [0.29, 0.717) is 18.9 Å². The Kier molecular flexibility index (Phi) is 6.02. The lowest BCUT2D eigenvalue weighted by Crippen LogP contribution is -2.40. The molecule has 3 nitrogen and oxygen atoms in total. The third kappa shape index (κ3) is 4.29. The Morgan fingerprint density at radius 3 is 2.55 bits per heavy atom. The van der Waals surface area contributed by atoms with E-state index in [0.717, 1.165) is 42.6 Å². The van der Waals surface area contributed by atoms with Gasteiger partial charge >= 0.3 is 0 Å². The minimum absolute atomic E-state index is 0.600. The van der Waals surface area contributed by atoms with Gasteiger partial charge in [0.05, 0.1) is 0 Å². The van der Waals surface area contributed by atoms with Crippen molar-refractivity contribution in [3.63, 3.8) is 0 Å². The first-order chi connectivity index (χ1) is 9.64. The van der Waals surface area contributed by atoms with Crippen LogP contribution in [-0.4, -0.2) is 31.4 Å². The lowest BCUT2D eigenvalue weighted by molar-refractivity contribution is 0.0275. The number of ether oxygens (including phenoxy) is 1. The number of nitrogens with one attached hydrogen (secondary N) is 1. The van der Waals surface area contributed by atoms with Gasteiger partial charge in [0.1, 0.15) is 5.60 Å². The molecule has 1 aromatic carbocycles. The maximum Gasteiger partial charge on any atom is 0.102 e. The molecule has 0 spiro atoms. The molecule has 2 rings (SSSR count). The zero-order valence-electron chi connectivity index (χ0n) is 12.1. The summed E-state index contributed by atoms with van der Waals surface area (Å²) >= 11 is 3.43. The van der Waals surface area contributed by atoms with Gasteiger partial charge in [-0.2, -0.15) is 0 Å². The van der Waals surface area contributed by atoms with Crippen LogP contribution < -0.4 is 5.32 Å². The van der Waals surface area contributed by atoms with Gasteiger partial charge in [-0.05, 0) is 49.4 Å². The first-order valence-corrected chi connectivity index (χ1v) is 8.20. The second-order valence-corrected chi connectivity index (χ2v) is 6.49. The maximum absolute atomic E-state index is 10.8. The van der Waals surface area contributed by atoms with Crippen molar-refractivity contribution in [2.45, 2.75) is 31.8 Å². The molecule has 1 unspecified atom stereocenters. The summed E-state index contributed by atoms with van der Waals surface area (Å²) in [5.41, 5.74) is 0.189. The van der Waals surface area contributed by atoms with E-state index in [1.54, 1.807) is 0 Å². The Morgan fingerprint density at radius 1 is 1.30 bits per heavy atom. The quantitative estimate of drug-likeness (QED) is 0.835. The summed E-state index contributed by atoms with van der Waals surface area (Å²) in [6, 6.07) is 7.94. The Labute approximate surface area is 129 Å². The van der Waals surface area contributed by atoms with Gasteiger partial charge in [0, 0.05) is 24.2 Å². The number of hydrogen-bond acceptors (Lipinski definition) is 3. The van der Waals surface area contributed by atoms with Crippen molar-refractivity contribution in [3.8, 4) is 0 Å². The fourth-order valence-corrected chi connectivity index (χ4v) is 2.89. The lowest BCUT2D eigenvalue weighted by atomic mass is 9.90. The Morgan fingerprint density at radius 2 is 1.95 bits per heavy atom. The van der Waals surface area contributed by atoms with E-state index >= 15 is 0 Å². The van der Waals surface area contributed by atoms with Crippen molar-refractivity contribution in [2.75, 3.05) is 26.3 Å². The fraction of sp³-hybridized carbons (Fsp3) is 0.625. The highest BCUT2D eigenvalue weighted by Crippen LogP contribution is 2.26. The second kappa shape index (κ2) is 7.55. The molecular formula is C16H24BrNO2. The lowest BCUT2D eigenvalue weighted by Gasteiger charge is -2.30. The Bertz CT molecular complexity index is 403. The molecule has 1 atom stereocenters. The van der Waals surface area contributed by atoms with Crippen LogP contribution in [0.4, 0.5) is 0 Å². The molecule has 2 N–H and O–H groups in total. The van der Waals surface area contributed by atoms with Gasteiger partial charge in [-0.3, -0.25) is 0 Å². The van der Waals surface area contributed by atoms with Crippen molar-refractivity contribution in [1.29, 1.82) is 0 Å². The summed E-state index contributed by atoms with van der Waals surface area (Å²) in [7, 11) is 0. The number of hydrogen-bond donors (Lipinski definition) is 2. The topological polar surface area (TPSA) is 41.5 Å². The number of aliphatic hydroxyl groups is 1. The minimum Gasteiger partial charge on any atom is -0.384 e. The summed E-state index contributed by atoms with van der Waals surface area (Å²) in [6.45, 7) is 5.33. The van der Waals surface area contributed by atoms with E-state index < -0.39 is 5.60 Å². The highest BCUT2D eigenvalue weighted by molar-refractivity contribution is 9.10. The van der Waals surface area contributed by atoms with E-state index in [-0.39, 0.29) is 0 Å². The Hall–Kier alpha value is -0.420. The SMILES string of the molecule is CCC(O)(CNCC1CCOCC1)c1ccc(Br)cc1. The first kappa shape index (κ1) is 16.0. The summed E-state index contributed by atoms with van der Waals surface area (Å²) in [4.78, 5) is 0. The molecule has 4 heteroatoms. The predicted molar refractivity (Wildman–Crippen MR) is 84.7 cm³/mol. The molecule has 1 aliphatic heterocycles. The second-order valence-electron chi connectivity index (χ2n) is 5.58. The van der Waals surface area contributed by atoms with Crippen LogP contribution in [0.25, 0.3) is 0 Å². The predicted octanol–water partition coefficient (Wildman–Crippen LogP) is 3.06. The zero-order valence-corrected chi connectivity index (χ0v) is 13.7. The minimum atomic E-state index is -0.786. The van der Waals surface area contributed by atoms with Crippen LogP contribution in [0.1, 0.15) is 31.7 Å². The molecule has 1 fully saturated rings. The molecule has 0 saturated carbocycles. The van der Waals surface area contributed by atoms with E-state index in [1.807, 2.05) is 31.2 Å². The molecule has 112 valence electrons. The number of rotatable bonds is 6.